The summed E-state index contributed by atoms with van der Waals surface area (Å²) in [6, 6.07) is 2.78. The van der Waals surface area contributed by atoms with E-state index in [1.54, 1.807) is 0 Å². The quantitative estimate of drug-likeness (QED) is 0.486. The summed E-state index contributed by atoms with van der Waals surface area (Å²) in [6.45, 7) is 0. The molecule has 1 rings (SSSR count). The standard InChI is InChI=1S/C9H5BrF4O2/c10-6(4-15)5-1-2-8(7(11)3-5)16-9(12,13)14/h1-4,6H/t6-/m1/s1. The lowest BCUT2D eigenvalue weighted by Gasteiger charge is -2.10. The molecule has 0 radical (unpaired) electrons. The van der Waals surface area contributed by atoms with E-state index < -0.39 is 22.8 Å². The van der Waals surface area contributed by atoms with Gasteiger partial charge < -0.3 is 9.53 Å². The minimum Gasteiger partial charge on any atom is -0.403 e. The molecule has 1 aromatic rings. The predicted molar refractivity (Wildman–Crippen MR) is 50.8 cm³/mol. The molecule has 0 fully saturated rings. The van der Waals surface area contributed by atoms with Crippen molar-refractivity contribution in [3.8, 4) is 5.75 Å². The fraction of sp³-hybridized carbons (Fsp3) is 0.222. The monoisotopic (exact) mass is 300 g/mol. The highest BCUT2D eigenvalue weighted by atomic mass is 79.9. The molecule has 0 saturated carbocycles. The van der Waals surface area contributed by atoms with E-state index in [1.807, 2.05) is 0 Å². The van der Waals surface area contributed by atoms with Gasteiger partial charge in [0.1, 0.15) is 6.29 Å². The number of rotatable bonds is 3. The van der Waals surface area contributed by atoms with Crippen LogP contribution in [0, 0.1) is 5.82 Å². The fourth-order valence-corrected chi connectivity index (χ4v) is 1.26. The van der Waals surface area contributed by atoms with Crippen molar-refractivity contribution in [2.45, 2.75) is 11.2 Å². The third-order valence-corrected chi connectivity index (χ3v) is 2.36. The molecule has 0 aromatic heterocycles. The predicted octanol–water partition coefficient (Wildman–Crippen LogP) is 3.36. The first-order chi connectivity index (χ1) is 7.33. The molecule has 0 heterocycles. The number of hydrogen-bond donors (Lipinski definition) is 0. The van der Waals surface area contributed by atoms with Crippen LogP contribution in [0.4, 0.5) is 17.6 Å². The largest absolute Gasteiger partial charge is 0.573 e. The minimum absolute atomic E-state index is 0.210. The van der Waals surface area contributed by atoms with Crippen LogP contribution in [0.3, 0.4) is 0 Å². The summed E-state index contributed by atoms with van der Waals surface area (Å²) in [7, 11) is 0. The van der Waals surface area contributed by atoms with E-state index in [0.29, 0.717) is 6.29 Å². The molecule has 0 aliphatic heterocycles. The zero-order valence-corrected chi connectivity index (χ0v) is 9.18. The average molecular weight is 301 g/mol. The smallest absolute Gasteiger partial charge is 0.403 e. The second kappa shape index (κ2) is 4.82. The van der Waals surface area contributed by atoms with Gasteiger partial charge in [-0.2, -0.15) is 0 Å². The van der Waals surface area contributed by atoms with Crippen molar-refractivity contribution < 1.29 is 27.1 Å². The zero-order chi connectivity index (χ0) is 12.3. The summed E-state index contributed by atoms with van der Waals surface area (Å²) >= 11 is 2.91. The number of hydrogen-bond acceptors (Lipinski definition) is 2. The number of benzene rings is 1. The SMILES string of the molecule is O=C[C@@H](Br)c1ccc(OC(F)(F)F)c(F)c1. The third kappa shape index (κ3) is 3.48. The van der Waals surface area contributed by atoms with Crippen molar-refractivity contribution in [2.24, 2.45) is 0 Å². The highest BCUT2D eigenvalue weighted by molar-refractivity contribution is 9.09. The van der Waals surface area contributed by atoms with Crippen LogP contribution in [-0.2, 0) is 4.79 Å². The van der Waals surface area contributed by atoms with Crippen molar-refractivity contribution >= 4 is 22.2 Å². The molecule has 0 spiro atoms. The lowest BCUT2D eigenvalue weighted by atomic mass is 10.1. The third-order valence-electron chi connectivity index (χ3n) is 1.62. The number of ether oxygens (including phenoxy) is 1. The fourth-order valence-electron chi connectivity index (χ4n) is 0.975. The molecule has 0 saturated heterocycles. The average Bonchev–Trinajstić information content (AvgIpc) is 2.18. The summed E-state index contributed by atoms with van der Waals surface area (Å²) in [6.07, 6.45) is -4.46. The van der Waals surface area contributed by atoms with Gasteiger partial charge in [-0.25, -0.2) is 4.39 Å². The second-order valence-electron chi connectivity index (χ2n) is 2.78. The van der Waals surface area contributed by atoms with Gasteiger partial charge in [-0.05, 0) is 17.7 Å². The lowest BCUT2D eigenvalue weighted by Crippen LogP contribution is -2.18. The van der Waals surface area contributed by atoms with Gasteiger partial charge in [0.15, 0.2) is 11.6 Å². The first kappa shape index (κ1) is 13.0. The maximum Gasteiger partial charge on any atom is 0.573 e. The number of aldehydes is 1. The summed E-state index contributed by atoms with van der Waals surface area (Å²) in [5, 5.41) is 0. The van der Waals surface area contributed by atoms with E-state index in [4.69, 9.17) is 0 Å². The molecule has 0 unspecified atom stereocenters. The van der Waals surface area contributed by atoms with Gasteiger partial charge >= 0.3 is 6.36 Å². The van der Waals surface area contributed by atoms with Gasteiger partial charge in [-0.15, -0.1) is 13.2 Å². The molecule has 0 amide bonds. The van der Waals surface area contributed by atoms with Crippen LogP contribution in [0.5, 0.6) is 5.75 Å². The number of carbonyl (C=O) groups excluding carboxylic acids is 1. The molecule has 7 heteroatoms. The number of carbonyl (C=O) groups is 1. The molecule has 1 aromatic carbocycles. The Bertz CT molecular complexity index is 392. The van der Waals surface area contributed by atoms with Crippen molar-refractivity contribution in [1.29, 1.82) is 0 Å². The van der Waals surface area contributed by atoms with Crippen LogP contribution in [0.1, 0.15) is 10.4 Å². The van der Waals surface area contributed by atoms with Gasteiger partial charge in [0.05, 0.1) is 4.83 Å². The Morgan fingerprint density at radius 2 is 2.00 bits per heavy atom. The number of alkyl halides is 4. The van der Waals surface area contributed by atoms with Crippen molar-refractivity contribution in [3.05, 3.63) is 29.6 Å². The Labute approximate surface area is 96.3 Å². The summed E-state index contributed by atoms with van der Waals surface area (Å²) in [5.74, 6) is -2.11. The van der Waals surface area contributed by atoms with Gasteiger partial charge in [-0.1, -0.05) is 22.0 Å². The Balaban J connectivity index is 2.96. The Hall–Kier alpha value is -1.11. The van der Waals surface area contributed by atoms with E-state index in [9.17, 15) is 22.4 Å². The van der Waals surface area contributed by atoms with Crippen LogP contribution < -0.4 is 4.74 Å². The Kier molecular flexibility index (Phi) is 3.90. The molecule has 1 atom stereocenters. The molecular formula is C9H5BrF4O2. The maximum absolute atomic E-state index is 13.1. The first-order valence-corrected chi connectivity index (χ1v) is 4.89. The van der Waals surface area contributed by atoms with Crippen LogP contribution in [0.15, 0.2) is 18.2 Å². The molecule has 16 heavy (non-hydrogen) atoms. The number of halogens is 5. The molecule has 0 N–H and O–H groups in total. The Morgan fingerprint density at radius 3 is 2.44 bits per heavy atom. The van der Waals surface area contributed by atoms with Crippen molar-refractivity contribution in [3.63, 3.8) is 0 Å². The van der Waals surface area contributed by atoms with E-state index in [-0.39, 0.29) is 5.56 Å². The van der Waals surface area contributed by atoms with Crippen LogP contribution in [0.25, 0.3) is 0 Å². The maximum atomic E-state index is 13.1. The molecule has 2 nitrogen and oxygen atoms in total. The molecule has 0 aliphatic rings. The van der Waals surface area contributed by atoms with Gasteiger partial charge in [0.25, 0.3) is 0 Å². The van der Waals surface area contributed by atoms with E-state index in [0.717, 1.165) is 18.2 Å². The normalized spacial score (nSPS) is 13.3. The van der Waals surface area contributed by atoms with E-state index >= 15 is 0 Å². The van der Waals surface area contributed by atoms with Crippen molar-refractivity contribution in [1.82, 2.24) is 0 Å². The van der Waals surface area contributed by atoms with Crippen molar-refractivity contribution in [2.75, 3.05) is 0 Å². The Morgan fingerprint density at radius 1 is 1.38 bits per heavy atom. The van der Waals surface area contributed by atoms with Crippen LogP contribution in [0.2, 0.25) is 0 Å². The lowest BCUT2D eigenvalue weighted by molar-refractivity contribution is -0.275. The minimum atomic E-state index is -4.94. The molecule has 0 aliphatic carbocycles. The van der Waals surface area contributed by atoms with E-state index in [2.05, 4.69) is 20.7 Å². The van der Waals surface area contributed by atoms with Gasteiger partial charge in [0.2, 0.25) is 0 Å². The first-order valence-electron chi connectivity index (χ1n) is 3.98. The molecular weight excluding hydrogens is 296 g/mol. The highest BCUT2D eigenvalue weighted by Gasteiger charge is 2.32. The topological polar surface area (TPSA) is 26.3 Å². The molecule has 88 valence electrons. The highest BCUT2D eigenvalue weighted by Crippen LogP contribution is 2.29. The van der Waals surface area contributed by atoms with Gasteiger partial charge in [0, 0.05) is 0 Å². The second-order valence-corrected chi connectivity index (χ2v) is 3.76. The summed E-state index contributed by atoms with van der Waals surface area (Å²) in [4.78, 5) is 9.59. The van der Waals surface area contributed by atoms with Crippen LogP contribution >= 0.6 is 15.9 Å². The summed E-state index contributed by atoms with van der Waals surface area (Å²) in [5.41, 5.74) is 0.210. The zero-order valence-electron chi connectivity index (χ0n) is 7.59. The summed E-state index contributed by atoms with van der Waals surface area (Å²) < 4.78 is 51.9. The van der Waals surface area contributed by atoms with Crippen LogP contribution in [-0.4, -0.2) is 12.6 Å². The van der Waals surface area contributed by atoms with Gasteiger partial charge in [-0.3, -0.25) is 0 Å². The van der Waals surface area contributed by atoms with E-state index in [1.165, 1.54) is 0 Å². The molecule has 0 bridgehead atoms.